The molecule has 4 heterocycles. The van der Waals surface area contributed by atoms with Gasteiger partial charge < -0.3 is 24.4 Å². The van der Waals surface area contributed by atoms with Crippen LogP contribution in [0.4, 0.5) is 15.8 Å². The zero-order chi connectivity index (χ0) is 25.4. The first kappa shape index (κ1) is 24.6. The van der Waals surface area contributed by atoms with E-state index in [0.29, 0.717) is 42.6 Å². The van der Waals surface area contributed by atoms with Crippen LogP contribution in [0.1, 0.15) is 48.0 Å². The van der Waals surface area contributed by atoms with E-state index in [1.807, 2.05) is 30.3 Å². The summed E-state index contributed by atoms with van der Waals surface area (Å²) in [5.74, 6) is 0.367. The Morgan fingerprint density at radius 3 is 2.68 bits per heavy atom. The van der Waals surface area contributed by atoms with Gasteiger partial charge in [-0.05, 0) is 80.5 Å². The summed E-state index contributed by atoms with van der Waals surface area (Å²) < 4.78 is 26.9. The van der Waals surface area contributed by atoms with E-state index in [0.717, 1.165) is 76.2 Å². The van der Waals surface area contributed by atoms with Gasteiger partial charge in [-0.3, -0.25) is 9.69 Å². The summed E-state index contributed by atoms with van der Waals surface area (Å²) in [5.41, 5.74) is 2.81. The zero-order valence-electron chi connectivity index (χ0n) is 21.3. The number of aliphatic hydroxyl groups excluding tert-OH is 1. The molecule has 37 heavy (non-hydrogen) atoms. The fraction of sp³-hybridized carbons (Fsp3) is 0.552. The molecule has 6 rings (SSSR count). The van der Waals surface area contributed by atoms with Crippen molar-refractivity contribution >= 4 is 17.3 Å². The molecule has 3 fully saturated rings. The number of halogens is 1. The lowest BCUT2D eigenvalue weighted by atomic mass is 9.98. The molecule has 0 aromatic heterocycles. The maximum Gasteiger partial charge on any atom is 0.258 e. The van der Waals surface area contributed by atoms with Crippen LogP contribution < -0.4 is 14.5 Å². The third-order valence-electron chi connectivity index (χ3n) is 8.38. The number of fused-ring (bicyclic) bond motifs is 1. The molecular formula is C29H36FN3O4. The summed E-state index contributed by atoms with van der Waals surface area (Å²) in [4.78, 5) is 19.5. The molecule has 2 aromatic rings. The predicted octanol–water partition coefficient (Wildman–Crippen LogP) is 3.62. The van der Waals surface area contributed by atoms with Gasteiger partial charge in [-0.15, -0.1) is 0 Å². The lowest BCUT2D eigenvalue weighted by Crippen LogP contribution is -2.44. The number of amides is 1. The van der Waals surface area contributed by atoms with Crippen LogP contribution in [0.5, 0.6) is 5.75 Å². The van der Waals surface area contributed by atoms with Gasteiger partial charge in [0.25, 0.3) is 5.91 Å². The number of benzene rings is 2. The van der Waals surface area contributed by atoms with Crippen molar-refractivity contribution in [2.24, 2.45) is 0 Å². The number of ether oxygens (including phenoxy) is 2. The van der Waals surface area contributed by atoms with Crippen LogP contribution in [-0.4, -0.2) is 80.1 Å². The molecule has 0 spiro atoms. The summed E-state index contributed by atoms with van der Waals surface area (Å²) in [6.07, 6.45) is 5.39. The molecule has 1 N–H and O–H groups in total. The van der Waals surface area contributed by atoms with Crippen molar-refractivity contribution < 1.29 is 23.8 Å². The zero-order valence-corrected chi connectivity index (χ0v) is 21.3. The first-order valence-electron chi connectivity index (χ1n) is 13.7. The highest BCUT2D eigenvalue weighted by Gasteiger charge is 2.32. The first-order chi connectivity index (χ1) is 18.0. The molecular weight excluding hydrogens is 473 g/mol. The molecule has 4 aliphatic rings. The second kappa shape index (κ2) is 10.6. The van der Waals surface area contributed by atoms with Crippen LogP contribution in [0.3, 0.4) is 0 Å². The highest BCUT2D eigenvalue weighted by atomic mass is 19.1. The van der Waals surface area contributed by atoms with E-state index in [1.165, 1.54) is 6.07 Å². The minimum absolute atomic E-state index is 0.104. The Kier molecular flexibility index (Phi) is 7.06. The lowest BCUT2D eigenvalue weighted by molar-refractivity contribution is 0.0653. The number of nitrogens with zero attached hydrogens (tertiary/aromatic N) is 3. The molecule has 7 nitrogen and oxygen atoms in total. The van der Waals surface area contributed by atoms with Gasteiger partial charge in [0.15, 0.2) is 0 Å². The second-order valence-electron chi connectivity index (χ2n) is 10.8. The number of carbonyl (C=O) groups is 1. The predicted molar refractivity (Wildman–Crippen MR) is 140 cm³/mol. The average molecular weight is 510 g/mol. The number of hydrogen-bond acceptors (Lipinski definition) is 6. The number of piperidine rings is 1. The molecule has 0 saturated carbocycles. The standard InChI is InChI=1S/C29H36FN3O4/c30-27-17-21(3-6-28(27)32-11-8-22(18-32)31-12-9-23(34)10-13-31)33-14-7-20-16-24(4-5-26(20)29(33)35)37-19-25-2-1-15-36-25/h3-6,16-17,22-23,25,34H,1-2,7-15,18-19H2. The van der Waals surface area contributed by atoms with Crippen LogP contribution in [0.2, 0.25) is 0 Å². The van der Waals surface area contributed by atoms with Crippen LogP contribution in [0, 0.1) is 5.82 Å². The molecule has 2 unspecified atom stereocenters. The first-order valence-corrected chi connectivity index (χ1v) is 13.7. The van der Waals surface area contributed by atoms with E-state index in [9.17, 15) is 9.90 Å². The molecule has 2 atom stereocenters. The molecule has 0 radical (unpaired) electrons. The number of aliphatic hydroxyl groups is 1. The Morgan fingerprint density at radius 1 is 1.03 bits per heavy atom. The lowest BCUT2D eigenvalue weighted by Gasteiger charge is -2.34. The van der Waals surface area contributed by atoms with E-state index in [-0.39, 0.29) is 23.9 Å². The molecule has 4 aliphatic heterocycles. The van der Waals surface area contributed by atoms with Crippen LogP contribution in [-0.2, 0) is 11.2 Å². The molecule has 8 heteroatoms. The van der Waals surface area contributed by atoms with Gasteiger partial charge in [0.05, 0.1) is 17.9 Å². The van der Waals surface area contributed by atoms with Crippen molar-refractivity contribution in [1.82, 2.24) is 4.90 Å². The maximum absolute atomic E-state index is 15.3. The summed E-state index contributed by atoms with van der Waals surface area (Å²) in [7, 11) is 0. The van der Waals surface area contributed by atoms with Gasteiger partial charge in [-0.1, -0.05) is 0 Å². The summed E-state index contributed by atoms with van der Waals surface area (Å²) in [6, 6.07) is 11.2. The Labute approximate surface area is 217 Å². The molecule has 3 saturated heterocycles. The minimum Gasteiger partial charge on any atom is -0.491 e. The minimum atomic E-state index is -0.288. The van der Waals surface area contributed by atoms with Crippen LogP contribution >= 0.6 is 0 Å². The van der Waals surface area contributed by atoms with Gasteiger partial charge in [0, 0.05) is 56.6 Å². The van der Waals surface area contributed by atoms with Crippen LogP contribution in [0.15, 0.2) is 36.4 Å². The van der Waals surface area contributed by atoms with Crippen molar-refractivity contribution in [3.63, 3.8) is 0 Å². The highest BCUT2D eigenvalue weighted by molar-refractivity contribution is 6.08. The molecule has 1 amide bonds. The molecule has 0 aliphatic carbocycles. The number of anilines is 2. The third-order valence-corrected chi connectivity index (χ3v) is 8.38. The number of likely N-dealkylation sites (tertiary alicyclic amines) is 1. The van der Waals surface area contributed by atoms with E-state index >= 15 is 4.39 Å². The van der Waals surface area contributed by atoms with E-state index < -0.39 is 0 Å². The topological polar surface area (TPSA) is 65.5 Å². The normalized spacial score (nSPS) is 25.1. The van der Waals surface area contributed by atoms with Crippen molar-refractivity contribution in [1.29, 1.82) is 0 Å². The monoisotopic (exact) mass is 509 g/mol. The second-order valence-corrected chi connectivity index (χ2v) is 10.8. The van der Waals surface area contributed by atoms with Crippen molar-refractivity contribution in [3.05, 3.63) is 53.3 Å². The third kappa shape index (κ3) is 5.19. The molecule has 2 aromatic carbocycles. The smallest absolute Gasteiger partial charge is 0.258 e. The van der Waals surface area contributed by atoms with Gasteiger partial charge >= 0.3 is 0 Å². The van der Waals surface area contributed by atoms with E-state index in [1.54, 1.807) is 4.90 Å². The Morgan fingerprint density at radius 2 is 1.89 bits per heavy atom. The summed E-state index contributed by atoms with van der Waals surface area (Å²) >= 11 is 0. The maximum atomic E-state index is 15.3. The van der Waals surface area contributed by atoms with Gasteiger partial charge in [-0.2, -0.15) is 0 Å². The van der Waals surface area contributed by atoms with Gasteiger partial charge in [-0.25, -0.2) is 4.39 Å². The molecule has 198 valence electrons. The fourth-order valence-electron chi connectivity index (χ4n) is 6.20. The quantitative estimate of drug-likeness (QED) is 0.642. The van der Waals surface area contributed by atoms with Crippen molar-refractivity contribution in [3.8, 4) is 5.75 Å². The largest absolute Gasteiger partial charge is 0.491 e. The molecule has 0 bridgehead atoms. The number of rotatable bonds is 6. The number of hydrogen-bond donors (Lipinski definition) is 1. The van der Waals surface area contributed by atoms with Crippen LogP contribution in [0.25, 0.3) is 0 Å². The van der Waals surface area contributed by atoms with Gasteiger partial charge in [0.1, 0.15) is 18.2 Å². The summed E-state index contributed by atoms with van der Waals surface area (Å²) in [5, 5.41) is 9.79. The van der Waals surface area contributed by atoms with Crippen molar-refractivity contribution in [2.75, 3.05) is 55.7 Å². The Bertz CT molecular complexity index is 1130. The van der Waals surface area contributed by atoms with E-state index in [2.05, 4.69) is 9.80 Å². The number of carbonyl (C=O) groups excluding carboxylic acids is 1. The highest BCUT2D eigenvalue weighted by Crippen LogP contribution is 2.32. The fourth-order valence-corrected chi connectivity index (χ4v) is 6.20. The summed E-state index contributed by atoms with van der Waals surface area (Å²) in [6.45, 7) is 5.25. The average Bonchev–Trinajstić information content (AvgIpc) is 3.61. The van der Waals surface area contributed by atoms with E-state index in [4.69, 9.17) is 9.47 Å². The Hall–Kier alpha value is -2.68. The SMILES string of the molecule is O=C1c2ccc(OCC3CCCO3)cc2CCN1c1ccc(N2CCC(N3CCC(O)CC3)C2)c(F)c1. The van der Waals surface area contributed by atoms with Gasteiger partial charge in [0.2, 0.25) is 0 Å². The van der Waals surface area contributed by atoms with Crippen molar-refractivity contribution in [2.45, 2.75) is 56.8 Å². The Balaban J connectivity index is 1.10.